The van der Waals surface area contributed by atoms with Crippen molar-refractivity contribution in [2.24, 2.45) is 0 Å². The van der Waals surface area contributed by atoms with Crippen molar-refractivity contribution < 1.29 is 9.18 Å². The first kappa shape index (κ1) is 13.9. The number of nitrogens with one attached hydrogen (secondary N) is 2. The summed E-state index contributed by atoms with van der Waals surface area (Å²) in [6, 6.07) is 12.3. The van der Waals surface area contributed by atoms with Gasteiger partial charge in [0.05, 0.1) is 17.8 Å². The molecular weight excluding hydrogens is 313 g/mol. The molecule has 6 heteroatoms. The Labute approximate surface area is 136 Å². The van der Waals surface area contributed by atoms with Gasteiger partial charge in [-0.3, -0.25) is 4.79 Å². The molecular formula is C17H12FN3OS. The van der Waals surface area contributed by atoms with Crippen LogP contribution in [0.5, 0.6) is 0 Å². The number of amides is 1. The zero-order chi connectivity index (χ0) is 15.8. The van der Waals surface area contributed by atoms with E-state index in [1.54, 1.807) is 18.2 Å². The van der Waals surface area contributed by atoms with E-state index in [1.165, 1.54) is 17.4 Å². The Kier molecular flexibility index (Phi) is 3.31. The lowest BCUT2D eigenvalue weighted by Crippen LogP contribution is -2.03. The molecule has 0 fully saturated rings. The summed E-state index contributed by atoms with van der Waals surface area (Å²) in [7, 11) is 0. The number of hydrogen-bond acceptors (Lipinski definition) is 4. The molecule has 0 saturated carbocycles. The molecule has 1 aromatic heterocycles. The number of thiazole rings is 1. The molecule has 0 bridgehead atoms. The normalized spacial score (nSPS) is 12.8. The second-order valence-corrected chi connectivity index (χ2v) is 6.10. The molecule has 2 N–H and O–H groups in total. The predicted octanol–water partition coefficient (Wildman–Crippen LogP) is 4.19. The van der Waals surface area contributed by atoms with Crippen LogP contribution in [-0.4, -0.2) is 10.9 Å². The van der Waals surface area contributed by atoms with E-state index < -0.39 is 0 Å². The van der Waals surface area contributed by atoms with E-state index in [-0.39, 0.29) is 11.7 Å². The van der Waals surface area contributed by atoms with Crippen molar-refractivity contribution >= 4 is 33.8 Å². The van der Waals surface area contributed by atoms with Gasteiger partial charge in [-0.15, -0.1) is 11.3 Å². The van der Waals surface area contributed by atoms with Crippen LogP contribution in [-0.2, 0) is 11.2 Å². The number of halogens is 1. The molecule has 23 heavy (non-hydrogen) atoms. The minimum absolute atomic E-state index is 0.0114. The molecule has 0 radical (unpaired) electrons. The second-order valence-electron chi connectivity index (χ2n) is 5.24. The van der Waals surface area contributed by atoms with Gasteiger partial charge < -0.3 is 10.6 Å². The minimum atomic E-state index is -0.314. The molecule has 2 aromatic carbocycles. The zero-order valence-electron chi connectivity index (χ0n) is 12.0. The number of nitrogens with zero attached hydrogens (tertiary/aromatic N) is 1. The van der Waals surface area contributed by atoms with Gasteiger partial charge in [-0.2, -0.15) is 0 Å². The molecule has 3 aromatic rings. The molecule has 4 nitrogen and oxygen atoms in total. The van der Waals surface area contributed by atoms with Crippen molar-refractivity contribution in [3.05, 3.63) is 59.2 Å². The van der Waals surface area contributed by atoms with Crippen molar-refractivity contribution in [2.45, 2.75) is 6.42 Å². The van der Waals surface area contributed by atoms with Gasteiger partial charge in [-0.1, -0.05) is 18.2 Å². The first-order valence-electron chi connectivity index (χ1n) is 7.09. The van der Waals surface area contributed by atoms with Gasteiger partial charge in [0.25, 0.3) is 0 Å². The van der Waals surface area contributed by atoms with Crippen LogP contribution in [0, 0.1) is 5.82 Å². The fraction of sp³-hybridized carbons (Fsp3) is 0.0588. The summed E-state index contributed by atoms with van der Waals surface area (Å²) in [6.45, 7) is 0. The van der Waals surface area contributed by atoms with Crippen LogP contribution in [0.1, 0.15) is 5.56 Å². The topological polar surface area (TPSA) is 54.0 Å². The van der Waals surface area contributed by atoms with E-state index in [0.717, 1.165) is 22.5 Å². The Hall–Kier alpha value is -2.73. The molecule has 4 rings (SSSR count). The summed E-state index contributed by atoms with van der Waals surface area (Å²) in [5.41, 5.74) is 3.98. The van der Waals surface area contributed by atoms with Crippen LogP contribution < -0.4 is 10.6 Å². The van der Waals surface area contributed by atoms with Gasteiger partial charge in [0.1, 0.15) is 5.82 Å². The Morgan fingerprint density at radius 3 is 2.96 bits per heavy atom. The van der Waals surface area contributed by atoms with Crippen LogP contribution in [0.4, 0.5) is 20.9 Å². The van der Waals surface area contributed by atoms with E-state index in [4.69, 9.17) is 0 Å². The molecule has 114 valence electrons. The van der Waals surface area contributed by atoms with E-state index in [0.29, 0.717) is 17.2 Å². The molecule has 0 atom stereocenters. The molecule has 0 saturated heterocycles. The number of rotatable bonds is 3. The van der Waals surface area contributed by atoms with Crippen LogP contribution in [0.2, 0.25) is 0 Å². The first-order chi connectivity index (χ1) is 11.2. The molecule has 1 amide bonds. The number of carbonyl (C=O) groups is 1. The molecule has 1 aliphatic heterocycles. The Balaban J connectivity index is 1.60. The SMILES string of the molecule is O=C1Cc2cc(-c3csc(Nc4ccccc4F)n3)ccc2N1. The monoisotopic (exact) mass is 325 g/mol. The zero-order valence-corrected chi connectivity index (χ0v) is 12.8. The van der Waals surface area contributed by atoms with E-state index in [2.05, 4.69) is 15.6 Å². The third kappa shape index (κ3) is 2.68. The number of anilines is 3. The summed E-state index contributed by atoms with van der Waals surface area (Å²) in [4.78, 5) is 15.9. The van der Waals surface area contributed by atoms with Crippen LogP contribution in [0.15, 0.2) is 47.8 Å². The van der Waals surface area contributed by atoms with Crippen molar-refractivity contribution in [3.63, 3.8) is 0 Å². The Morgan fingerprint density at radius 2 is 2.09 bits per heavy atom. The average molecular weight is 325 g/mol. The predicted molar refractivity (Wildman–Crippen MR) is 89.6 cm³/mol. The lowest BCUT2D eigenvalue weighted by Gasteiger charge is -2.03. The Bertz CT molecular complexity index is 906. The van der Waals surface area contributed by atoms with Gasteiger partial charge in [-0.25, -0.2) is 9.37 Å². The maximum absolute atomic E-state index is 13.7. The van der Waals surface area contributed by atoms with Crippen LogP contribution >= 0.6 is 11.3 Å². The standard InChI is InChI=1S/C17H12FN3OS/c18-12-3-1-2-4-14(12)20-17-21-15(9-23-17)10-5-6-13-11(7-10)8-16(22)19-13/h1-7,9H,8H2,(H,19,22)(H,20,21). The highest BCUT2D eigenvalue weighted by Crippen LogP contribution is 2.32. The maximum atomic E-state index is 13.7. The first-order valence-corrected chi connectivity index (χ1v) is 7.97. The average Bonchev–Trinajstić information content (AvgIpc) is 3.14. The molecule has 0 spiro atoms. The lowest BCUT2D eigenvalue weighted by molar-refractivity contribution is -0.115. The van der Waals surface area contributed by atoms with E-state index in [1.807, 2.05) is 23.6 Å². The summed E-state index contributed by atoms with van der Waals surface area (Å²) >= 11 is 1.41. The fourth-order valence-electron chi connectivity index (χ4n) is 2.53. The highest BCUT2D eigenvalue weighted by atomic mass is 32.1. The van der Waals surface area contributed by atoms with Gasteiger partial charge in [0, 0.05) is 16.6 Å². The van der Waals surface area contributed by atoms with Crippen molar-refractivity contribution in [1.29, 1.82) is 0 Å². The highest BCUT2D eigenvalue weighted by molar-refractivity contribution is 7.14. The van der Waals surface area contributed by atoms with Crippen molar-refractivity contribution in [3.8, 4) is 11.3 Å². The summed E-state index contributed by atoms with van der Waals surface area (Å²) < 4.78 is 13.7. The van der Waals surface area contributed by atoms with E-state index >= 15 is 0 Å². The second kappa shape index (κ2) is 5.48. The molecule has 0 aliphatic carbocycles. The van der Waals surface area contributed by atoms with Crippen molar-refractivity contribution in [2.75, 3.05) is 10.6 Å². The third-order valence-electron chi connectivity index (χ3n) is 3.65. The Morgan fingerprint density at radius 1 is 1.22 bits per heavy atom. The van der Waals surface area contributed by atoms with Crippen LogP contribution in [0.25, 0.3) is 11.3 Å². The molecule has 1 aliphatic rings. The number of carbonyl (C=O) groups excluding carboxylic acids is 1. The summed E-state index contributed by atoms with van der Waals surface area (Å²) in [5, 5.41) is 8.33. The van der Waals surface area contributed by atoms with Gasteiger partial charge in [0.15, 0.2) is 5.13 Å². The number of hydrogen-bond donors (Lipinski definition) is 2. The quantitative estimate of drug-likeness (QED) is 0.759. The van der Waals surface area contributed by atoms with E-state index in [9.17, 15) is 9.18 Å². The summed E-state index contributed by atoms with van der Waals surface area (Å²) in [5.74, 6) is -0.302. The highest BCUT2D eigenvalue weighted by Gasteiger charge is 2.18. The summed E-state index contributed by atoms with van der Waals surface area (Å²) in [6.07, 6.45) is 0.396. The van der Waals surface area contributed by atoms with Gasteiger partial charge in [-0.05, 0) is 29.8 Å². The fourth-order valence-corrected chi connectivity index (χ4v) is 3.26. The number of benzene rings is 2. The number of fused-ring (bicyclic) bond motifs is 1. The number of para-hydroxylation sites is 1. The third-order valence-corrected chi connectivity index (χ3v) is 4.40. The number of aromatic nitrogens is 1. The minimum Gasteiger partial charge on any atom is -0.329 e. The van der Waals surface area contributed by atoms with Crippen molar-refractivity contribution in [1.82, 2.24) is 4.98 Å². The lowest BCUT2D eigenvalue weighted by atomic mass is 10.1. The van der Waals surface area contributed by atoms with Gasteiger partial charge in [0.2, 0.25) is 5.91 Å². The molecule has 2 heterocycles. The molecule has 0 unspecified atom stereocenters. The largest absolute Gasteiger partial charge is 0.329 e. The van der Waals surface area contributed by atoms with Crippen LogP contribution in [0.3, 0.4) is 0 Å². The maximum Gasteiger partial charge on any atom is 0.228 e. The smallest absolute Gasteiger partial charge is 0.228 e. The van der Waals surface area contributed by atoms with Gasteiger partial charge >= 0.3 is 0 Å².